The fraction of sp³-hybridized carbons (Fsp3) is 0.318. The first-order valence-corrected chi connectivity index (χ1v) is 11.0. The van der Waals surface area contributed by atoms with Crippen LogP contribution in [0, 0.1) is 0 Å². The Bertz CT molecular complexity index is 872. The van der Waals surface area contributed by atoms with Crippen molar-refractivity contribution in [3.05, 3.63) is 59.3 Å². The Balaban J connectivity index is 0.00000320. The molecule has 3 rings (SSSR count). The number of hydrogen-bond donors (Lipinski definition) is 0. The molecule has 2 heterocycles. The lowest BCUT2D eigenvalue weighted by molar-refractivity contribution is -0.113. The highest BCUT2D eigenvalue weighted by molar-refractivity contribution is 8.27. The average Bonchev–Trinajstić information content (AvgIpc) is 3.02. The van der Waals surface area contributed by atoms with Crippen molar-refractivity contribution in [2.24, 2.45) is 0 Å². The maximum absolute atomic E-state index is 12.8. The quantitative estimate of drug-likeness (QED) is 0.295. The molecule has 1 fully saturated rings. The maximum Gasteiger partial charge on any atom is 0.270 e. The first kappa shape index (κ1) is 24.3. The summed E-state index contributed by atoms with van der Waals surface area (Å²) >= 11 is 6.72. The molecular weight excluding hydrogens is 438 g/mol. The number of aromatic nitrogens is 1. The SMILES string of the molecule is CCN(CC)CCCOc1ccc(N2C(=O)C(=Cc3ccccn3)SC2=S)cc1.Cl. The molecule has 0 unspecified atom stereocenters. The molecule has 1 aromatic heterocycles. The zero-order chi connectivity index (χ0) is 20.6. The summed E-state index contributed by atoms with van der Waals surface area (Å²) < 4.78 is 6.35. The van der Waals surface area contributed by atoms with Gasteiger partial charge >= 0.3 is 0 Å². The van der Waals surface area contributed by atoms with Crippen LogP contribution in [-0.2, 0) is 4.79 Å². The van der Waals surface area contributed by atoms with E-state index in [9.17, 15) is 4.79 Å². The average molecular weight is 464 g/mol. The van der Waals surface area contributed by atoms with E-state index in [0.29, 0.717) is 15.8 Å². The molecule has 1 saturated heterocycles. The highest BCUT2D eigenvalue weighted by Crippen LogP contribution is 2.36. The van der Waals surface area contributed by atoms with E-state index >= 15 is 0 Å². The van der Waals surface area contributed by atoms with Gasteiger partial charge in [-0.05, 0) is 62.0 Å². The van der Waals surface area contributed by atoms with Gasteiger partial charge in [-0.25, -0.2) is 0 Å². The molecule has 8 heteroatoms. The van der Waals surface area contributed by atoms with E-state index in [-0.39, 0.29) is 18.3 Å². The predicted octanol–water partition coefficient (Wildman–Crippen LogP) is 5.02. The van der Waals surface area contributed by atoms with Gasteiger partial charge in [0.05, 0.1) is 22.9 Å². The van der Waals surface area contributed by atoms with Crippen molar-refractivity contribution in [2.45, 2.75) is 20.3 Å². The van der Waals surface area contributed by atoms with E-state index in [4.69, 9.17) is 17.0 Å². The van der Waals surface area contributed by atoms with Gasteiger partial charge in [0.2, 0.25) is 0 Å². The number of thioether (sulfide) groups is 1. The second kappa shape index (κ2) is 12.1. The summed E-state index contributed by atoms with van der Waals surface area (Å²) in [7, 11) is 0. The Morgan fingerprint density at radius 3 is 2.53 bits per heavy atom. The summed E-state index contributed by atoms with van der Waals surface area (Å²) in [4.78, 5) is 21.6. The first-order chi connectivity index (χ1) is 14.1. The molecule has 1 aromatic carbocycles. The second-order valence-corrected chi connectivity index (χ2v) is 8.17. The Morgan fingerprint density at radius 2 is 1.90 bits per heavy atom. The molecule has 0 saturated carbocycles. The molecule has 1 amide bonds. The van der Waals surface area contributed by atoms with Crippen molar-refractivity contribution in [3.8, 4) is 5.75 Å². The zero-order valence-corrected chi connectivity index (χ0v) is 19.6. The summed E-state index contributed by atoms with van der Waals surface area (Å²) in [6, 6.07) is 13.1. The number of hydrogen-bond acceptors (Lipinski definition) is 6. The molecule has 0 atom stereocenters. The fourth-order valence-corrected chi connectivity index (χ4v) is 4.28. The Hall–Kier alpha value is -1.93. The molecule has 0 radical (unpaired) electrons. The lowest BCUT2D eigenvalue weighted by Crippen LogP contribution is -2.27. The van der Waals surface area contributed by atoms with Gasteiger partial charge in [0.25, 0.3) is 5.91 Å². The van der Waals surface area contributed by atoms with Crippen molar-refractivity contribution in [3.63, 3.8) is 0 Å². The van der Waals surface area contributed by atoms with Gasteiger partial charge in [-0.1, -0.05) is 43.9 Å². The molecule has 0 N–H and O–H groups in total. The van der Waals surface area contributed by atoms with Crippen LogP contribution in [0.15, 0.2) is 53.6 Å². The van der Waals surface area contributed by atoms with Gasteiger partial charge < -0.3 is 9.64 Å². The molecule has 160 valence electrons. The standard InChI is InChI=1S/C22H25N3O2S2.ClH/c1-3-24(4-2)14-7-15-27-19-11-9-18(10-12-19)25-21(26)20(29-22(25)28)16-17-8-5-6-13-23-17;/h5-6,8-13,16H,3-4,7,14-15H2,1-2H3;1H. The van der Waals surface area contributed by atoms with Crippen LogP contribution in [0.25, 0.3) is 6.08 Å². The molecule has 1 aliphatic heterocycles. The molecular formula is C22H26ClN3O2S2. The molecule has 5 nitrogen and oxygen atoms in total. The summed E-state index contributed by atoms with van der Waals surface area (Å²) in [5.41, 5.74) is 1.48. The van der Waals surface area contributed by atoms with E-state index in [1.165, 1.54) is 11.8 Å². The third-order valence-corrected chi connectivity index (χ3v) is 5.94. The number of benzene rings is 1. The molecule has 0 bridgehead atoms. The van der Waals surface area contributed by atoms with Gasteiger partial charge in [-0.2, -0.15) is 0 Å². The summed E-state index contributed by atoms with van der Waals surface area (Å²) in [5, 5.41) is 0. The normalized spacial score (nSPS) is 15.0. The minimum Gasteiger partial charge on any atom is -0.494 e. The number of ether oxygens (including phenoxy) is 1. The highest BCUT2D eigenvalue weighted by atomic mass is 35.5. The van der Waals surface area contributed by atoms with Crippen LogP contribution in [0.5, 0.6) is 5.75 Å². The van der Waals surface area contributed by atoms with Crippen molar-refractivity contribution in [2.75, 3.05) is 31.1 Å². The van der Waals surface area contributed by atoms with E-state index in [1.54, 1.807) is 17.2 Å². The molecule has 0 aliphatic carbocycles. The van der Waals surface area contributed by atoms with Gasteiger partial charge in [-0.15, -0.1) is 12.4 Å². The third kappa shape index (κ3) is 6.28. The number of carbonyl (C=O) groups is 1. The van der Waals surface area contributed by atoms with Crippen LogP contribution in [0.4, 0.5) is 5.69 Å². The predicted molar refractivity (Wildman–Crippen MR) is 131 cm³/mol. The highest BCUT2D eigenvalue weighted by Gasteiger charge is 2.33. The number of halogens is 1. The molecule has 1 aliphatic rings. The van der Waals surface area contributed by atoms with Crippen LogP contribution >= 0.6 is 36.4 Å². The van der Waals surface area contributed by atoms with Gasteiger partial charge in [0.15, 0.2) is 4.32 Å². The van der Waals surface area contributed by atoms with Crippen LogP contribution in [-0.4, -0.2) is 46.4 Å². The van der Waals surface area contributed by atoms with Gasteiger partial charge in [0.1, 0.15) is 5.75 Å². The third-order valence-electron chi connectivity index (χ3n) is 4.64. The number of amides is 1. The monoisotopic (exact) mass is 463 g/mol. The fourth-order valence-electron chi connectivity index (χ4n) is 3.00. The number of thiocarbonyl (C=S) groups is 1. The second-order valence-electron chi connectivity index (χ2n) is 6.49. The van der Waals surface area contributed by atoms with Crippen molar-refractivity contribution in [1.29, 1.82) is 0 Å². The number of pyridine rings is 1. The maximum atomic E-state index is 12.8. The Labute approximate surface area is 193 Å². The van der Waals surface area contributed by atoms with Crippen LogP contribution < -0.4 is 9.64 Å². The number of carbonyl (C=O) groups excluding carboxylic acids is 1. The number of anilines is 1. The Morgan fingerprint density at radius 1 is 1.17 bits per heavy atom. The van der Waals surface area contributed by atoms with Crippen molar-refractivity contribution >= 4 is 58.4 Å². The molecule has 0 spiro atoms. The van der Waals surface area contributed by atoms with Crippen molar-refractivity contribution < 1.29 is 9.53 Å². The van der Waals surface area contributed by atoms with Crippen LogP contribution in [0.1, 0.15) is 26.0 Å². The van der Waals surface area contributed by atoms with E-state index in [2.05, 4.69) is 23.7 Å². The minimum absolute atomic E-state index is 0. The Kier molecular flexibility index (Phi) is 9.78. The number of nitrogens with zero attached hydrogens (tertiary/aromatic N) is 3. The largest absolute Gasteiger partial charge is 0.494 e. The summed E-state index contributed by atoms with van der Waals surface area (Å²) in [5.74, 6) is 0.668. The zero-order valence-electron chi connectivity index (χ0n) is 17.1. The van der Waals surface area contributed by atoms with Crippen molar-refractivity contribution in [1.82, 2.24) is 9.88 Å². The summed E-state index contributed by atoms with van der Waals surface area (Å²) in [6.07, 6.45) is 4.45. The summed E-state index contributed by atoms with van der Waals surface area (Å²) in [6.45, 7) is 8.16. The number of rotatable bonds is 9. The lowest BCUT2D eigenvalue weighted by atomic mass is 10.2. The van der Waals surface area contributed by atoms with Gasteiger partial charge in [-0.3, -0.25) is 14.7 Å². The molecule has 2 aromatic rings. The minimum atomic E-state index is -0.126. The topological polar surface area (TPSA) is 45.7 Å². The molecule has 30 heavy (non-hydrogen) atoms. The van der Waals surface area contributed by atoms with E-state index < -0.39 is 0 Å². The van der Waals surface area contributed by atoms with E-state index in [0.717, 1.165) is 43.2 Å². The first-order valence-electron chi connectivity index (χ1n) is 9.76. The lowest BCUT2D eigenvalue weighted by Gasteiger charge is -2.18. The van der Waals surface area contributed by atoms with E-state index in [1.807, 2.05) is 42.5 Å². The smallest absolute Gasteiger partial charge is 0.270 e. The van der Waals surface area contributed by atoms with Gasteiger partial charge in [0, 0.05) is 12.7 Å². The van der Waals surface area contributed by atoms with Crippen LogP contribution in [0.3, 0.4) is 0 Å². The van der Waals surface area contributed by atoms with Crippen LogP contribution in [0.2, 0.25) is 0 Å².